The number of ketones is 1. The highest BCUT2D eigenvalue weighted by Gasteiger charge is 2.26. The van der Waals surface area contributed by atoms with Gasteiger partial charge in [-0.15, -0.1) is 0 Å². The van der Waals surface area contributed by atoms with Crippen LogP contribution in [-0.4, -0.2) is 27.1 Å². The first-order valence-corrected chi connectivity index (χ1v) is 6.08. The third-order valence-corrected chi connectivity index (χ3v) is 3.32. The Bertz CT molecular complexity index is 465. The molecule has 2 rings (SSSR count). The first-order chi connectivity index (χ1) is 8.72. The van der Waals surface area contributed by atoms with E-state index in [-0.39, 0.29) is 5.78 Å². The number of benzene rings is 1. The van der Waals surface area contributed by atoms with Crippen molar-refractivity contribution in [2.75, 3.05) is 21.3 Å². The van der Waals surface area contributed by atoms with Crippen LogP contribution in [0.1, 0.15) is 35.2 Å². The van der Waals surface area contributed by atoms with Crippen molar-refractivity contribution in [3.05, 3.63) is 17.2 Å². The minimum absolute atomic E-state index is 0.108. The van der Waals surface area contributed by atoms with E-state index in [1.807, 2.05) is 0 Å². The molecule has 0 amide bonds. The molecule has 1 aliphatic carbocycles. The lowest BCUT2D eigenvalue weighted by Crippen LogP contribution is -2.07. The van der Waals surface area contributed by atoms with E-state index < -0.39 is 0 Å². The van der Waals surface area contributed by atoms with E-state index in [0.29, 0.717) is 29.2 Å². The predicted octanol–water partition coefficient (Wildman–Crippen LogP) is 2.62. The van der Waals surface area contributed by atoms with Crippen LogP contribution in [0.5, 0.6) is 17.2 Å². The number of methoxy groups -OCH3 is 3. The lowest BCUT2D eigenvalue weighted by molar-refractivity contribution is 0.0978. The van der Waals surface area contributed by atoms with Gasteiger partial charge < -0.3 is 14.2 Å². The van der Waals surface area contributed by atoms with E-state index in [0.717, 1.165) is 24.8 Å². The molecule has 4 nitrogen and oxygen atoms in total. The van der Waals surface area contributed by atoms with E-state index in [1.165, 1.54) is 0 Å². The van der Waals surface area contributed by atoms with Crippen LogP contribution in [-0.2, 0) is 6.42 Å². The van der Waals surface area contributed by atoms with Gasteiger partial charge in [-0.3, -0.25) is 4.79 Å². The van der Waals surface area contributed by atoms with Gasteiger partial charge in [0.1, 0.15) is 5.75 Å². The fourth-order valence-corrected chi connectivity index (χ4v) is 2.45. The van der Waals surface area contributed by atoms with Crippen LogP contribution < -0.4 is 14.2 Å². The van der Waals surface area contributed by atoms with Gasteiger partial charge in [0.05, 0.1) is 26.9 Å². The molecule has 1 aromatic carbocycles. The van der Waals surface area contributed by atoms with E-state index in [1.54, 1.807) is 27.4 Å². The van der Waals surface area contributed by atoms with Gasteiger partial charge in [0.15, 0.2) is 17.3 Å². The third kappa shape index (κ3) is 2.03. The van der Waals surface area contributed by atoms with Gasteiger partial charge in [-0.1, -0.05) is 0 Å². The summed E-state index contributed by atoms with van der Waals surface area (Å²) in [5.74, 6) is 1.89. The minimum atomic E-state index is 0.108. The highest BCUT2D eigenvalue weighted by atomic mass is 16.5. The lowest BCUT2D eigenvalue weighted by atomic mass is 9.99. The van der Waals surface area contributed by atoms with Crippen LogP contribution in [0.3, 0.4) is 0 Å². The summed E-state index contributed by atoms with van der Waals surface area (Å²) >= 11 is 0. The summed E-state index contributed by atoms with van der Waals surface area (Å²) in [4.78, 5) is 12.2. The zero-order valence-corrected chi connectivity index (χ0v) is 11.0. The fraction of sp³-hybridized carbons (Fsp3) is 0.500. The molecule has 0 atom stereocenters. The standard InChI is InChI=1S/C14H18O4/c1-16-11-8-12(17-2)14(18-3)13-9(11)6-4-5-7-10(13)15/h8H,4-7H2,1-3H3. The molecule has 0 bridgehead atoms. The molecule has 0 saturated carbocycles. The molecule has 4 heteroatoms. The Morgan fingerprint density at radius 3 is 2.22 bits per heavy atom. The molecule has 1 aromatic rings. The van der Waals surface area contributed by atoms with E-state index in [9.17, 15) is 4.79 Å². The topological polar surface area (TPSA) is 44.8 Å². The second-order valence-corrected chi connectivity index (χ2v) is 4.30. The van der Waals surface area contributed by atoms with Gasteiger partial charge >= 0.3 is 0 Å². The van der Waals surface area contributed by atoms with Crippen molar-refractivity contribution in [1.82, 2.24) is 0 Å². The van der Waals surface area contributed by atoms with Crippen LogP contribution in [0.15, 0.2) is 6.07 Å². The maximum Gasteiger partial charge on any atom is 0.172 e. The molecular formula is C14H18O4. The Hall–Kier alpha value is -1.71. The van der Waals surface area contributed by atoms with Crippen molar-refractivity contribution in [1.29, 1.82) is 0 Å². The van der Waals surface area contributed by atoms with Crippen LogP contribution in [0.25, 0.3) is 0 Å². The second kappa shape index (κ2) is 5.29. The number of carbonyl (C=O) groups excluding carboxylic acids is 1. The summed E-state index contributed by atoms with van der Waals surface area (Å²) in [6.45, 7) is 0. The summed E-state index contributed by atoms with van der Waals surface area (Å²) in [6, 6.07) is 1.79. The Morgan fingerprint density at radius 1 is 0.944 bits per heavy atom. The molecule has 0 saturated heterocycles. The van der Waals surface area contributed by atoms with Crippen LogP contribution in [0.4, 0.5) is 0 Å². The molecule has 1 aliphatic rings. The maximum atomic E-state index is 12.2. The van der Waals surface area contributed by atoms with Gasteiger partial charge in [0, 0.05) is 18.1 Å². The van der Waals surface area contributed by atoms with Crippen molar-refractivity contribution in [2.24, 2.45) is 0 Å². The van der Waals surface area contributed by atoms with E-state index in [4.69, 9.17) is 14.2 Å². The summed E-state index contributed by atoms with van der Waals surface area (Å²) in [5, 5.41) is 0. The molecule has 0 unspecified atom stereocenters. The van der Waals surface area contributed by atoms with Crippen molar-refractivity contribution >= 4 is 5.78 Å². The molecule has 0 spiro atoms. The van der Waals surface area contributed by atoms with Crippen molar-refractivity contribution in [2.45, 2.75) is 25.7 Å². The number of fused-ring (bicyclic) bond motifs is 1. The van der Waals surface area contributed by atoms with Gasteiger partial charge in [-0.05, 0) is 19.3 Å². The molecule has 0 aromatic heterocycles. The molecule has 18 heavy (non-hydrogen) atoms. The summed E-state index contributed by atoms with van der Waals surface area (Å²) in [7, 11) is 4.73. The van der Waals surface area contributed by atoms with Gasteiger partial charge in [-0.2, -0.15) is 0 Å². The van der Waals surface area contributed by atoms with Crippen LogP contribution in [0.2, 0.25) is 0 Å². The average molecular weight is 250 g/mol. The van der Waals surface area contributed by atoms with Gasteiger partial charge in [0.2, 0.25) is 0 Å². The zero-order valence-electron chi connectivity index (χ0n) is 11.0. The Kier molecular flexibility index (Phi) is 3.75. The molecule has 0 heterocycles. The molecule has 0 radical (unpaired) electrons. The molecular weight excluding hydrogens is 232 g/mol. The molecule has 0 fully saturated rings. The SMILES string of the molecule is COc1cc(OC)c(OC)c2c1CCCCC2=O. The number of hydrogen-bond donors (Lipinski definition) is 0. The molecule has 0 N–H and O–H groups in total. The third-order valence-electron chi connectivity index (χ3n) is 3.32. The average Bonchev–Trinajstić information content (AvgIpc) is 2.59. The van der Waals surface area contributed by atoms with E-state index in [2.05, 4.69) is 0 Å². The summed E-state index contributed by atoms with van der Waals surface area (Å²) in [5.41, 5.74) is 1.57. The Balaban J connectivity index is 2.70. The normalized spacial score (nSPS) is 14.7. The number of ether oxygens (including phenoxy) is 3. The smallest absolute Gasteiger partial charge is 0.172 e. The van der Waals surface area contributed by atoms with Crippen molar-refractivity contribution < 1.29 is 19.0 Å². The van der Waals surface area contributed by atoms with Crippen LogP contribution in [0, 0.1) is 0 Å². The number of carbonyl (C=O) groups is 1. The quantitative estimate of drug-likeness (QED) is 0.773. The largest absolute Gasteiger partial charge is 0.496 e. The molecule has 98 valence electrons. The summed E-state index contributed by atoms with van der Waals surface area (Å²) < 4.78 is 16.0. The second-order valence-electron chi connectivity index (χ2n) is 4.30. The first kappa shape index (κ1) is 12.7. The number of rotatable bonds is 3. The maximum absolute atomic E-state index is 12.2. The van der Waals surface area contributed by atoms with Gasteiger partial charge in [0.25, 0.3) is 0 Å². The van der Waals surface area contributed by atoms with Crippen molar-refractivity contribution in [3.63, 3.8) is 0 Å². The monoisotopic (exact) mass is 250 g/mol. The van der Waals surface area contributed by atoms with Crippen LogP contribution >= 0.6 is 0 Å². The van der Waals surface area contributed by atoms with Crippen molar-refractivity contribution in [3.8, 4) is 17.2 Å². The fourth-order valence-electron chi connectivity index (χ4n) is 2.45. The highest BCUT2D eigenvalue weighted by molar-refractivity contribution is 6.02. The van der Waals surface area contributed by atoms with E-state index >= 15 is 0 Å². The first-order valence-electron chi connectivity index (χ1n) is 6.08. The number of Topliss-reactive ketones (excluding diaryl/α,β-unsaturated/α-hetero) is 1. The lowest BCUT2D eigenvalue weighted by Gasteiger charge is -2.17. The Morgan fingerprint density at radius 2 is 1.61 bits per heavy atom. The highest BCUT2D eigenvalue weighted by Crippen LogP contribution is 2.42. The Labute approximate surface area is 107 Å². The molecule has 0 aliphatic heterocycles. The summed E-state index contributed by atoms with van der Waals surface area (Å²) in [6.07, 6.45) is 3.29. The zero-order chi connectivity index (χ0) is 13.1. The number of hydrogen-bond acceptors (Lipinski definition) is 4. The minimum Gasteiger partial charge on any atom is -0.496 e. The van der Waals surface area contributed by atoms with Gasteiger partial charge in [-0.25, -0.2) is 0 Å². The predicted molar refractivity (Wildman–Crippen MR) is 68.0 cm³/mol.